The molecule has 0 atom stereocenters. The first kappa shape index (κ1) is 17.3. The van der Waals surface area contributed by atoms with Crippen molar-refractivity contribution < 1.29 is 9.21 Å². The molecule has 1 aromatic heterocycles. The number of fused-ring (bicyclic) bond motifs is 1. The molecule has 140 valence electrons. The minimum atomic E-state index is 0.140. The van der Waals surface area contributed by atoms with E-state index in [1.807, 2.05) is 24.3 Å². The van der Waals surface area contributed by atoms with Crippen molar-refractivity contribution in [1.29, 1.82) is 0 Å². The summed E-state index contributed by atoms with van der Waals surface area (Å²) in [6.45, 7) is 9.81. The Balaban J connectivity index is 1.32. The lowest BCUT2D eigenvalue weighted by Crippen LogP contribution is -2.53. The maximum absolute atomic E-state index is 12.9. The van der Waals surface area contributed by atoms with E-state index < -0.39 is 0 Å². The summed E-state index contributed by atoms with van der Waals surface area (Å²) in [5.74, 6) is 0.479. The van der Waals surface area contributed by atoms with Gasteiger partial charge in [-0.2, -0.15) is 4.98 Å². The van der Waals surface area contributed by atoms with Crippen molar-refractivity contribution >= 4 is 23.0 Å². The molecule has 4 rings (SSSR count). The third-order valence-corrected chi connectivity index (χ3v) is 5.75. The van der Waals surface area contributed by atoms with Crippen LogP contribution in [0.3, 0.4) is 0 Å². The number of para-hydroxylation sites is 2. The van der Waals surface area contributed by atoms with Crippen LogP contribution in [0.4, 0.5) is 6.01 Å². The van der Waals surface area contributed by atoms with Gasteiger partial charge in [-0.3, -0.25) is 9.69 Å². The highest BCUT2D eigenvalue weighted by atomic mass is 16.4. The van der Waals surface area contributed by atoms with E-state index in [2.05, 4.69) is 33.5 Å². The lowest BCUT2D eigenvalue weighted by molar-refractivity contribution is -0.138. The first-order chi connectivity index (χ1) is 12.6. The van der Waals surface area contributed by atoms with Gasteiger partial charge in [0.05, 0.1) is 0 Å². The van der Waals surface area contributed by atoms with Crippen LogP contribution in [0, 0.1) is 5.92 Å². The third-order valence-electron chi connectivity index (χ3n) is 5.75. The van der Waals surface area contributed by atoms with E-state index >= 15 is 0 Å². The Kier molecular flexibility index (Phi) is 4.85. The Bertz CT molecular complexity index is 723. The fourth-order valence-corrected chi connectivity index (χ4v) is 4.03. The fourth-order valence-electron chi connectivity index (χ4n) is 4.03. The average Bonchev–Trinajstić information content (AvgIpc) is 3.12. The Morgan fingerprint density at radius 2 is 1.77 bits per heavy atom. The van der Waals surface area contributed by atoms with Crippen LogP contribution in [-0.2, 0) is 4.79 Å². The molecule has 0 spiro atoms. The first-order valence-electron chi connectivity index (χ1n) is 9.75. The lowest BCUT2D eigenvalue weighted by atomic mass is 9.95. The molecule has 6 heteroatoms. The number of amides is 1. The normalized spacial score (nSPS) is 20.3. The van der Waals surface area contributed by atoms with Gasteiger partial charge in [-0.1, -0.05) is 12.1 Å². The van der Waals surface area contributed by atoms with Crippen molar-refractivity contribution in [3.05, 3.63) is 24.3 Å². The number of piperidine rings is 1. The summed E-state index contributed by atoms with van der Waals surface area (Å²) < 4.78 is 5.87. The Morgan fingerprint density at radius 3 is 2.42 bits per heavy atom. The average molecular weight is 356 g/mol. The summed E-state index contributed by atoms with van der Waals surface area (Å²) in [7, 11) is 0. The van der Waals surface area contributed by atoms with Gasteiger partial charge in [0.1, 0.15) is 5.52 Å². The quantitative estimate of drug-likeness (QED) is 0.846. The molecule has 0 unspecified atom stereocenters. The van der Waals surface area contributed by atoms with Crippen molar-refractivity contribution in [2.75, 3.05) is 44.2 Å². The van der Waals surface area contributed by atoms with Crippen LogP contribution < -0.4 is 4.90 Å². The summed E-state index contributed by atoms with van der Waals surface area (Å²) in [6, 6.07) is 9.09. The maximum atomic E-state index is 12.9. The van der Waals surface area contributed by atoms with Crippen LogP contribution in [0.1, 0.15) is 26.7 Å². The highest BCUT2D eigenvalue weighted by molar-refractivity contribution is 5.79. The number of hydrogen-bond donors (Lipinski definition) is 0. The van der Waals surface area contributed by atoms with Gasteiger partial charge in [0.2, 0.25) is 5.91 Å². The smallest absolute Gasteiger partial charge is 0.298 e. The highest BCUT2D eigenvalue weighted by Gasteiger charge is 2.31. The van der Waals surface area contributed by atoms with Crippen molar-refractivity contribution in [1.82, 2.24) is 14.8 Å². The van der Waals surface area contributed by atoms with Gasteiger partial charge in [0.15, 0.2) is 5.58 Å². The molecular weight excluding hydrogens is 328 g/mol. The molecule has 6 nitrogen and oxygen atoms in total. The van der Waals surface area contributed by atoms with Crippen molar-refractivity contribution in [2.24, 2.45) is 5.92 Å². The van der Waals surface area contributed by atoms with E-state index in [0.717, 1.165) is 63.2 Å². The topological polar surface area (TPSA) is 52.8 Å². The second-order valence-corrected chi connectivity index (χ2v) is 7.68. The summed E-state index contributed by atoms with van der Waals surface area (Å²) in [6.07, 6.45) is 1.75. The van der Waals surface area contributed by atoms with Gasteiger partial charge in [0, 0.05) is 51.2 Å². The van der Waals surface area contributed by atoms with Gasteiger partial charge in [-0.15, -0.1) is 0 Å². The fraction of sp³-hybridized carbons (Fsp3) is 0.600. The molecule has 2 aliphatic heterocycles. The van der Waals surface area contributed by atoms with E-state index in [1.165, 1.54) is 0 Å². The molecule has 3 heterocycles. The second kappa shape index (κ2) is 7.27. The number of anilines is 1. The Morgan fingerprint density at radius 1 is 1.08 bits per heavy atom. The third kappa shape index (κ3) is 3.43. The molecule has 0 N–H and O–H groups in total. The van der Waals surface area contributed by atoms with Gasteiger partial charge in [0.25, 0.3) is 6.01 Å². The van der Waals surface area contributed by atoms with E-state index in [1.54, 1.807) is 0 Å². The van der Waals surface area contributed by atoms with Gasteiger partial charge in [-0.25, -0.2) is 0 Å². The van der Waals surface area contributed by atoms with Crippen LogP contribution in [0.5, 0.6) is 0 Å². The lowest BCUT2D eigenvalue weighted by Gasteiger charge is -2.39. The molecule has 0 saturated carbocycles. The van der Waals surface area contributed by atoms with Crippen molar-refractivity contribution in [3.8, 4) is 0 Å². The Hall–Kier alpha value is -2.08. The zero-order chi connectivity index (χ0) is 18.1. The number of carbonyl (C=O) groups is 1. The molecule has 0 radical (unpaired) electrons. The van der Waals surface area contributed by atoms with E-state index in [9.17, 15) is 4.79 Å². The van der Waals surface area contributed by atoms with Crippen LogP contribution in [-0.4, -0.2) is 66.0 Å². The van der Waals surface area contributed by atoms with Crippen LogP contribution in [0.2, 0.25) is 0 Å². The molecule has 2 aliphatic rings. The first-order valence-corrected chi connectivity index (χ1v) is 9.75. The second-order valence-electron chi connectivity index (χ2n) is 7.68. The summed E-state index contributed by atoms with van der Waals surface area (Å²) in [5, 5.41) is 0. The molecule has 26 heavy (non-hydrogen) atoms. The van der Waals surface area contributed by atoms with Crippen molar-refractivity contribution in [3.63, 3.8) is 0 Å². The molecule has 1 amide bonds. The predicted molar refractivity (Wildman–Crippen MR) is 102 cm³/mol. The standard InChI is InChI=1S/C20H28N4O2/c1-15(2)22-11-13-23(14-12-22)19(25)16-7-9-24(10-8-16)20-21-17-5-3-4-6-18(17)26-20/h3-6,15-16H,7-14H2,1-2H3. The predicted octanol–water partition coefficient (Wildman–Crippen LogP) is 2.60. The van der Waals surface area contributed by atoms with Gasteiger partial charge in [-0.05, 0) is 38.8 Å². The Labute approximate surface area is 154 Å². The summed E-state index contributed by atoms with van der Waals surface area (Å²) >= 11 is 0. The molecule has 0 bridgehead atoms. The van der Waals surface area contributed by atoms with Gasteiger partial charge >= 0.3 is 0 Å². The molecular formula is C20H28N4O2. The summed E-state index contributed by atoms with van der Waals surface area (Å²) in [5.41, 5.74) is 1.72. The molecule has 2 fully saturated rings. The zero-order valence-corrected chi connectivity index (χ0v) is 15.7. The number of piperazine rings is 1. The minimum Gasteiger partial charge on any atom is -0.423 e. The monoisotopic (exact) mass is 356 g/mol. The molecule has 0 aliphatic carbocycles. The number of aromatic nitrogens is 1. The van der Waals surface area contributed by atoms with Crippen molar-refractivity contribution in [2.45, 2.75) is 32.7 Å². The van der Waals surface area contributed by atoms with E-state index in [-0.39, 0.29) is 5.92 Å². The van der Waals surface area contributed by atoms with Crippen LogP contribution in [0.15, 0.2) is 28.7 Å². The maximum Gasteiger partial charge on any atom is 0.298 e. The number of hydrogen-bond acceptors (Lipinski definition) is 5. The van der Waals surface area contributed by atoms with Crippen LogP contribution in [0.25, 0.3) is 11.1 Å². The number of oxazole rings is 1. The number of carbonyl (C=O) groups excluding carboxylic acids is 1. The molecule has 2 saturated heterocycles. The van der Waals surface area contributed by atoms with Crippen LogP contribution >= 0.6 is 0 Å². The number of nitrogens with zero attached hydrogens (tertiary/aromatic N) is 4. The van der Waals surface area contributed by atoms with E-state index in [0.29, 0.717) is 18.0 Å². The highest BCUT2D eigenvalue weighted by Crippen LogP contribution is 2.27. The SMILES string of the molecule is CC(C)N1CCN(C(=O)C2CCN(c3nc4ccccc4o3)CC2)CC1. The van der Waals surface area contributed by atoms with Gasteiger partial charge < -0.3 is 14.2 Å². The number of rotatable bonds is 3. The zero-order valence-electron chi connectivity index (χ0n) is 15.7. The molecule has 2 aromatic rings. The number of benzene rings is 1. The summed E-state index contributed by atoms with van der Waals surface area (Å²) in [4.78, 5) is 24.1. The molecule has 1 aromatic carbocycles. The van der Waals surface area contributed by atoms with E-state index in [4.69, 9.17) is 4.42 Å². The largest absolute Gasteiger partial charge is 0.423 e. The minimum absolute atomic E-state index is 0.140.